The van der Waals surface area contributed by atoms with Gasteiger partial charge in [-0.15, -0.1) is 0 Å². The minimum Gasteiger partial charge on any atom is -0.492 e. The number of likely N-dealkylation sites (tertiary alicyclic amines) is 2. The van der Waals surface area contributed by atoms with Crippen molar-refractivity contribution in [2.75, 3.05) is 65.7 Å². The van der Waals surface area contributed by atoms with Crippen molar-refractivity contribution in [2.24, 2.45) is 11.8 Å². The van der Waals surface area contributed by atoms with Crippen LogP contribution in [0.15, 0.2) is 60.7 Å². The summed E-state index contributed by atoms with van der Waals surface area (Å²) in [6.07, 6.45) is 3.98. The van der Waals surface area contributed by atoms with Crippen molar-refractivity contribution in [1.29, 1.82) is 0 Å². The van der Waals surface area contributed by atoms with Gasteiger partial charge in [0.15, 0.2) is 0 Å². The van der Waals surface area contributed by atoms with Crippen LogP contribution in [0.1, 0.15) is 39.5 Å². The lowest BCUT2D eigenvalue weighted by Gasteiger charge is -2.31. The summed E-state index contributed by atoms with van der Waals surface area (Å²) in [7, 11) is 0. The number of hydrogen-bond donors (Lipinski definition) is 4. The normalized spacial score (nSPS) is 16.4. The highest BCUT2D eigenvalue weighted by molar-refractivity contribution is 6.27. The van der Waals surface area contributed by atoms with E-state index in [2.05, 4.69) is 9.80 Å². The number of aliphatic carboxylic acids is 4. The van der Waals surface area contributed by atoms with E-state index in [0.29, 0.717) is 26.4 Å². The molecule has 6 N–H and O–H groups in total. The zero-order chi connectivity index (χ0) is 38.7. The van der Waals surface area contributed by atoms with Gasteiger partial charge >= 0.3 is 35.8 Å². The molecule has 53 heavy (non-hydrogen) atoms. The van der Waals surface area contributed by atoms with Crippen LogP contribution in [-0.2, 0) is 38.2 Å². The molecule has 0 radical (unpaired) electrons. The Balaban J connectivity index is 0.000000772. The van der Waals surface area contributed by atoms with Crippen LogP contribution in [-0.4, -0.2) is 137 Å². The Morgan fingerprint density at radius 2 is 0.906 bits per heavy atom. The summed E-state index contributed by atoms with van der Waals surface area (Å²) in [6, 6.07) is 19.6. The number of piperidine rings is 2. The van der Waals surface area contributed by atoms with Crippen LogP contribution in [0.3, 0.4) is 0 Å². The average Bonchev–Trinajstić information content (AvgIpc) is 3.14. The van der Waals surface area contributed by atoms with Crippen LogP contribution >= 0.6 is 0 Å². The first-order chi connectivity index (χ1) is 24.9. The van der Waals surface area contributed by atoms with E-state index in [1.807, 2.05) is 74.5 Å². The number of benzene rings is 2. The smallest absolute Gasteiger partial charge is 0.414 e. The Hall–Kier alpha value is -5.26. The molecule has 4 rings (SSSR count). The molecule has 2 aromatic rings. The van der Waals surface area contributed by atoms with Crippen molar-refractivity contribution in [3.63, 3.8) is 0 Å². The standard InChI is InChI=1S/2C16H23NO3.2C2H2O4.H2O/c2*1-2-19-16(18)14-7-6-10-17(13-14)11-12-20-15-8-4-3-5-9-15;2*3-1(4)2(5)6;/h2*3-5,8-9,14H,2,6-7,10-13H2,1H3;2*(H,3,4)(H,5,6);1H2. The van der Waals surface area contributed by atoms with Gasteiger partial charge in [0.05, 0.1) is 25.0 Å². The molecule has 17 heteroatoms. The minimum absolute atomic E-state index is 0. The number of nitrogens with zero attached hydrogens (tertiary/aromatic N) is 2. The van der Waals surface area contributed by atoms with Gasteiger partial charge in [-0.25, -0.2) is 19.2 Å². The van der Waals surface area contributed by atoms with Crippen molar-refractivity contribution in [2.45, 2.75) is 39.5 Å². The van der Waals surface area contributed by atoms with E-state index in [4.69, 9.17) is 58.6 Å². The summed E-state index contributed by atoms with van der Waals surface area (Å²) in [5.41, 5.74) is 0. The summed E-state index contributed by atoms with van der Waals surface area (Å²) in [5, 5.41) is 29.6. The van der Waals surface area contributed by atoms with E-state index in [1.165, 1.54) is 0 Å². The molecule has 17 nitrogen and oxygen atoms in total. The van der Waals surface area contributed by atoms with Crippen LogP contribution in [0.25, 0.3) is 0 Å². The molecule has 2 aliphatic rings. The number of carboxylic acids is 4. The Kier molecular flexibility index (Phi) is 25.5. The van der Waals surface area contributed by atoms with Crippen molar-refractivity contribution >= 4 is 35.8 Å². The van der Waals surface area contributed by atoms with E-state index in [1.54, 1.807) is 0 Å². The van der Waals surface area contributed by atoms with E-state index in [-0.39, 0.29) is 29.3 Å². The number of para-hydroxylation sites is 2. The van der Waals surface area contributed by atoms with Gasteiger partial charge in [0, 0.05) is 26.2 Å². The number of rotatable bonds is 12. The zero-order valence-corrected chi connectivity index (χ0v) is 30.1. The number of carboxylic acid groups (broad SMARTS) is 4. The Morgan fingerprint density at radius 3 is 1.19 bits per heavy atom. The molecule has 0 aliphatic carbocycles. The number of carbonyl (C=O) groups excluding carboxylic acids is 2. The van der Waals surface area contributed by atoms with Gasteiger partial charge in [-0.3, -0.25) is 19.4 Å². The van der Waals surface area contributed by atoms with Crippen LogP contribution < -0.4 is 9.47 Å². The maximum absolute atomic E-state index is 11.8. The lowest BCUT2D eigenvalue weighted by Crippen LogP contribution is -2.41. The Morgan fingerprint density at radius 1 is 0.585 bits per heavy atom. The molecule has 0 saturated carbocycles. The molecule has 2 unspecified atom stereocenters. The number of carbonyl (C=O) groups is 6. The lowest BCUT2D eigenvalue weighted by molar-refractivity contribution is -0.159. The second kappa shape index (κ2) is 28.3. The molecule has 2 fully saturated rings. The molecule has 0 bridgehead atoms. The third-order valence-corrected chi connectivity index (χ3v) is 7.46. The number of esters is 2. The Labute approximate surface area is 308 Å². The minimum atomic E-state index is -1.82. The number of hydrogen-bond acceptors (Lipinski definition) is 12. The predicted molar refractivity (Wildman–Crippen MR) is 190 cm³/mol. The average molecular weight is 753 g/mol. The molecular weight excluding hydrogens is 700 g/mol. The first kappa shape index (κ1) is 47.7. The van der Waals surface area contributed by atoms with Crippen LogP contribution in [0.4, 0.5) is 0 Å². The maximum atomic E-state index is 11.8. The van der Waals surface area contributed by atoms with Gasteiger partial charge in [-0.2, -0.15) is 0 Å². The summed E-state index contributed by atoms with van der Waals surface area (Å²) < 4.78 is 21.6. The molecule has 296 valence electrons. The van der Waals surface area contributed by atoms with Gasteiger partial charge in [0.25, 0.3) is 0 Å². The van der Waals surface area contributed by atoms with Crippen LogP contribution in [0.5, 0.6) is 11.5 Å². The summed E-state index contributed by atoms with van der Waals surface area (Å²) in [4.78, 5) is 64.5. The molecule has 0 aromatic heterocycles. The highest BCUT2D eigenvalue weighted by Crippen LogP contribution is 2.19. The molecule has 2 aliphatic heterocycles. The molecule has 2 atom stereocenters. The van der Waals surface area contributed by atoms with Gasteiger partial charge in [0.1, 0.15) is 24.7 Å². The van der Waals surface area contributed by atoms with Gasteiger partial charge in [-0.1, -0.05) is 36.4 Å². The van der Waals surface area contributed by atoms with Crippen LogP contribution in [0.2, 0.25) is 0 Å². The summed E-state index contributed by atoms with van der Waals surface area (Å²) in [6.45, 7) is 11.3. The van der Waals surface area contributed by atoms with E-state index in [0.717, 1.165) is 76.5 Å². The van der Waals surface area contributed by atoms with Crippen molar-refractivity contribution < 1.29 is 73.6 Å². The van der Waals surface area contributed by atoms with E-state index in [9.17, 15) is 9.59 Å². The second-order valence-electron chi connectivity index (χ2n) is 11.3. The summed E-state index contributed by atoms with van der Waals surface area (Å²) >= 11 is 0. The molecule has 2 saturated heterocycles. The predicted octanol–water partition coefficient (Wildman–Crippen LogP) is 2.17. The fraction of sp³-hybridized carbons (Fsp3) is 0.500. The highest BCUT2D eigenvalue weighted by atomic mass is 16.5. The summed E-state index contributed by atoms with van der Waals surface area (Å²) in [5.74, 6) is -5.56. The monoisotopic (exact) mass is 752 g/mol. The highest BCUT2D eigenvalue weighted by Gasteiger charge is 2.27. The SMILES string of the molecule is CCOC(=O)C1CCCN(CCOc2ccccc2)C1.CCOC(=O)C1CCCN(CCOc2ccccc2)C1.O.O=C(O)C(=O)O.O=C(O)C(=O)O. The zero-order valence-electron chi connectivity index (χ0n) is 30.1. The molecule has 0 amide bonds. The third kappa shape index (κ3) is 22.3. The van der Waals surface area contributed by atoms with E-state index >= 15 is 0 Å². The van der Waals surface area contributed by atoms with Gasteiger partial charge in [0.2, 0.25) is 0 Å². The number of ether oxygens (including phenoxy) is 4. The van der Waals surface area contributed by atoms with Crippen molar-refractivity contribution in [3.05, 3.63) is 60.7 Å². The van der Waals surface area contributed by atoms with Crippen LogP contribution in [0, 0.1) is 11.8 Å². The fourth-order valence-corrected chi connectivity index (χ4v) is 5.04. The molecule has 0 spiro atoms. The Bertz CT molecular complexity index is 1230. The molecule has 2 heterocycles. The topological polar surface area (TPSA) is 258 Å². The fourth-order valence-electron chi connectivity index (χ4n) is 5.04. The largest absolute Gasteiger partial charge is 0.492 e. The first-order valence-electron chi connectivity index (χ1n) is 16.9. The lowest BCUT2D eigenvalue weighted by atomic mass is 9.98. The first-order valence-corrected chi connectivity index (χ1v) is 16.9. The van der Waals surface area contributed by atoms with E-state index < -0.39 is 23.9 Å². The second-order valence-corrected chi connectivity index (χ2v) is 11.3. The van der Waals surface area contributed by atoms with Gasteiger partial charge in [-0.05, 0) is 76.9 Å². The quantitative estimate of drug-likeness (QED) is 0.179. The maximum Gasteiger partial charge on any atom is 0.414 e. The molecule has 2 aromatic carbocycles. The molecular formula is C36H52N2O15. The third-order valence-electron chi connectivity index (χ3n) is 7.46. The van der Waals surface area contributed by atoms with Crippen molar-refractivity contribution in [3.8, 4) is 11.5 Å². The van der Waals surface area contributed by atoms with Gasteiger partial charge < -0.3 is 44.8 Å². The van der Waals surface area contributed by atoms with Crippen molar-refractivity contribution in [1.82, 2.24) is 9.80 Å².